The minimum absolute atomic E-state index is 0.177. The predicted octanol–water partition coefficient (Wildman–Crippen LogP) is 3.37. The van der Waals surface area contributed by atoms with E-state index in [1.165, 1.54) is 35.2 Å². The lowest BCUT2D eigenvalue weighted by molar-refractivity contribution is 0.0482. The molecule has 0 aromatic heterocycles. The quantitative estimate of drug-likeness (QED) is 0.850. The lowest BCUT2D eigenvalue weighted by Crippen LogP contribution is -2.34. The van der Waals surface area contributed by atoms with Crippen molar-refractivity contribution >= 4 is 11.6 Å². The maximum atomic E-state index is 13.8. The minimum atomic E-state index is -0.709. The molecular formula is C18H15F3N2O2. The van der Waals surface area contributed by atoms with E-state index in [9.17, 15) is 18.0 Å². The van der Waals surface area contributed by atoms with E-state index < -0.39 is 23.6 Å². The van der Waals surface area contributed by atoms with Gasteiger partial charge in [-0.25, -0.2) is 13.2 Å². The van der Waals surface area contributed by atoms with E-state index in [0.717, 1.165) is 12.1 Å². The standard InChI is InChI=1S/C18H15F3N2O2/c1-23(18(24)11-2-4-12(19)5-3-11)10-14-9-17(22-25-14)15-7-6-13(20)8-16(15)21/h2-8,14H,9-10H2,1H3. The lowest BCUT2D eigenvalue weighted by Gasteiger charge is -2.20. The zero-order valence-corrected chi connectivity index (χ0v) is 13.4. The van der Waals surface area contributed by atoms with E-state index in [0.29, 0.717) is 17.7 Å². The van der Waals surface area contributed by atoms with Crippen molar-refractivity contribution in [1.29, 1.82) is 0 Å². The van der Waals surface area contributed by atoms with E-state index in [-0.39, 0.29) is 18.0 Å². The number of likely N-dealkylation sites (N-methyl/N-ethyl adjacent to an activating group) is 1. The Kier molecular flexibility index (Phi) is 4.74. The van der Waals surface area contributed by atoms with Crippen LogP contribution in [-0.4, -0.2) is 36.2 Å². The number of halogens is 3. The molecule has 3 rings (SSSR count). The molecule has 0 spiro atoms. The molecule has 1 heterocycles. The van der Waals surface area contributed by atoms with Gasteiger partial charge >= 0.3 is 0 Å². The van der Waals surface area contributed by atoms with Crippen molar-refractivity contribution < 1.29 is 22.8 Å². The number of hydrogen-bond acceptors (Lipinski definition) is 3. The molecule has 25 heavy (non-hydrogen) atoms. The first-order valence-corrected chi connectivity index (χ1v) is 7.63. The van der Waals surface area contributed by atoms with Crippen LogP contribution in [0, 0.1) is 17.5 Å². The van der Waals surface area contributed by atoms with Gasteiger partial charge in [0.1, 0.15) is 17.5 Å². The Labute approximate surface area is 142 Å². The molecule has 1 aliphatic heterocycles. The number of carbonyl (C=O) groups excluding carboxylic acids is 1. The van der Waals surface area contributed by atoms with Crippen LogP contribution in [-0.2, 0) is 4.84 Å². The van der Waals surface area contributed by atoms with E-state index in [1.54, 1.807) is 7.05 Å². The maximum Gasteiger partial charge on any atom is 0.253 e. The number of rotatable bonds is 4. The van der Waals surface area contributed by atoms with Crippen LogP contribution < -0.4 is 0 Å². The van der Waals surface area contributed by atoms with Crippen LogP contribution in [0.2, 0.25) is 0 Å². The molecule has 1 atom stereocenters. The van der Waals surface area contributed by atoms with Crippen molar-refractivity contribution in [3.8, 4) is 0 Å². The first kappa shape index (κ1) is 17.0. The maximum absolute atomic E-state index is 13.8. The van der Waals surface area contributed by atoms with Gasteiger partial charge in [0.05, 0.1) is 12.3 Å². The van der Waals surface area contributed by atoms with E-state index >= 15 is 0 Å². The van der Waals surface area contributed by atoms with Gasteiger partial charge < -0.3 is 9.74 Å². The summed E-state index contributed by atoms with van der Waals surface area (Å²) in [5.74, 6) is -2.08. The lowest BCUT2D eigenvalue weighted by atomic mass is 10.0. The summed E-state index contributed by atoms with van der Waals surface area (Å²) in [6.45, 7) is 0.228. The number of nitrogens with zero attached hydrogens (tertiary/aromatic N) is 2. The largest absolute Gasteiger partial charge is 0.390 e. The van der Waals surface area contributed by atoms with Crippen LogP contribution in [0.3, 0.4) is 0 Å². The Hall–Kier alpha value is -2.83. The molecule has 0 saturated carbocycles. The second-order valence-corrected chi connectivity index (χ2v) is 5.79. The monoisotopic (exact) mass is 348 g/mol. The van der Waals surface area contributed by atoms with Crippen LogP contribution in [0.1, 0.15) is 22.3 Å². The van der Waals surface area contributed by atoms with Crippen LogP contribution in [0.5, 0.6) is 0 Å². The molecule has 2 aromatic rings. The summed E-state index contributed by atoms with van der Waals surface area (Å²) < 4.78 is 39.7. The Morgan fingerprint density at radius 2 is 1.84 bits per heavy atom. The highest BCUT2D eigenvalue weighted by Gasteiger charge is 2.27. The number of hydrogen-bond donors (Lipinski definition) is 0. The van der Waals surface area contributed by atoms with Crippen LogP contribution >= 0.6 is 0 Å². The summed E-state index contributed by atoms with van der Waals surface area (Å²) in [4.78, 5) is 19.0. The Morgan fingerprint density at radius 1 is 1.16 bits per heavy atom. The third-order valence-corrected chi connectivity index (χ3v) is 3.89. The smallest absolute Gasteiger partial charge is 0.253 e. The average molecular weight is 348 g/mol. The molecular weight excluding hydrogens is 333 g/mol. The van der Waals surface area contributed by atoms with Crippen molar-refractivity contribution in [3.63, 3.8) is 0 Å². The van der Waals surface area contributed by atoms with Crippen molar-refractivity contribution in [1.82, 2.24) is 4.90 Å². The molecule has 1 aliphatic rings. The highest BCUT2D eigenvalue weighted by Crippen LogP contribution is 2.20. The highest BCUT2D eigenvalue weighted by atomic mass is 19.1. The molecule has 7 heteroatoms. The van der Waals surface area contributed by atoms with Crippen molar-refractivity contribution in [2.24, 2.45) is 5.16 Å². The Balaban J connectivity index is 1.62. The number of amides is 1. The van der Waals surface area contributed by atoms with Gasteiger partial charge in [-0.1, -0.05) is 5.16 Å². The third kappa shape index (κ3) is 3.81. The van der Waals surface area contributed by atoms with E-state index in [1.807, 2.05) is 0 Å². The molecule has 4 nitrogen and oxygen atoms in total. The zero-order chi connectivity index (χ0) is 18.0. The van der Waals surface area contributed by atoms with Gasteiger partial charge in [0.25, 0.3) is 5.91 Å². The third-order valence-electron chi connectivity index (χ3n) is 3.89. The van der Waals surface area contributed by atoms with Crippen molar-refractivity contribution in [3.05, 3.63) is 71.0 Å². The fourth-order valence-corrected chi connectivity index (χ4v) is 2.61. The normalized spacial score (nSPS) is 16.3. The number of benzene rings is 2. The predicted molar refractivity (Wildman–Crippen MR) is 85.7 cm³/mol. The Bertz CT molecular complexity index is 822. The molecule has 0 N–H and O–H groups in total. The first-order valence-electron chi connectivity index (χ1n) is 7.63. The second-order valence-electron chi connectivity index (χ2n) is 5.79. The molecule has 0 radical (unpaired) electrons. The summed E-state index contributed by atoms with van der Waals surface area (Å²) >= 11 is 0. The van der Waals surface area contributed by atoms with E-state index in [4.69, 9.17) is 4.84 Å². The van der Waals surface area contributed by atoms with Gasteiger partial charge in [-0.2, -0.15) is 0 Å². The van der Waals surface area contributed by atoms with Gasteiger partial charge in [0.15, 0.2) is 6.10 Å². The molecule has 0 aliphatic carbocycles. The Morgan fingerprint density at radius 3 is 2.52 bits per heavy atom. The van der Waals surface area contributed by atoms with Gasteiger partial charge in [0, 0.05) is 30.7 Å². The van der Waals surface area contributed by atoms with Gasteiger partial charge in [-0.3, -0.25) is 4.79 Å². The minimum Gasteiger partial charge on any atom is -0.390 e. The fraction of sp³-hybridized carbons (Fsp3) is 0.222. The topological polar surface area (TPSA) is 41.9 Å². The van der Waals surface area contributed by atoms with Crippen LogP contribution in [0.4, 0.5) is 13.2 Å². The molecule has 130 valence electrons. The molecule has 0 bridgehead atoms. The fourth-order valence-electron chi connectivity index (χ4n) is 2.61. The van der Waals surface area contributed by atoms with Gasteiger partial charge in [-0.15, -0.1) is 0 Å². The summed E-state index contributed by atoms with van der Waals surface area (Å²) in [5, 5.41) is 3.84. The van der Waals surface area contributed by atoms with Crippen LogP contribution in [0.25, 0.3) is 0 Å². The van der Waals surface area contributed by atoms with Crippen molar-refractivity contribution in [2.75, 3.05) is 13.6 Å². The number of oxime groups is 1. The molecule has 0 saturated heterocycles. The van der Waals surface area contributed by atoms with Crippen molar-refractivity contribution in [2.45, 2.75) is 12.5 Å². The molecule has 1 unspecified atom stereocenters. The second kappa shape index (κ2) is 6.96. The summed E-state index contributed by atoms with van der Waals surface area (Å²) in [7, 11) is 1.59. The molecule has 2 aromatic carbocycles. The van der Waals surface area contributed by atoms with Crippen LogP contribution in [0.15, 0.2) is 47.6 Å². The summed E-state index contributed by atoms with van der Waals surface area (Å²) in [6.07, 6.45) is -0.141. The molecule has 0 fully saturated rings. The van der Waals surface area contributed by atoms with E-state index in [2.05, 4.69) is 5.16 Å². The molecule has 1 amide bonds. The first-order chi connectivity index (χ1) is 11.9. The highest BCUT2D eigenvalue weighted by molar-refractivity contribution is 6.01. The van der Waals surface area contributed by atoms with Gasteiger partial charge in [0.2, 0.25) is 0 Å². The average Bonchev–Trinajstić information content (AvgIpc) is 3.03. The number of carbonyl (C=O) groups is 1. The van der Waals surface area contributed by atoms with Gasteiger partial charge in [-0.05, 0) is 36.4 Å². The SMILES string of the molecule is CN(CC1CC(c2ccc(F)cc2F)=NO1)C(=O)c1ccc(F)cc1. The summed E-state index contributed by atoms with van der Waals surface area (Å²) in [6, 6.07) is 8.48. The zero-order valence-electron chi connectivity index (χ0n) is 13.4. The summed E-state index contributed by atoms with van der Waals surface area (Å²) in [5.41, 5.74) is 0.897.